The predicted octanol–water partition coefficient (Wildman–Crippen LogP) is 20.7. The lowest BCUT2D eigenvalue weighted by molar-refractivity contribution is 1.03. The first-order chi connectivity index (χ1) is 42.2. The second kappa shape index (κ2) is 18.0. The normalized spacial score (nSPS) is 12.0. The van der Waals surface area contributed by atoms with E-state index in [4.69, 9.17) is 0 Å². The molecule has 5 heterocycles. The number of thiophene rings is 1. The molecule has 0 unspecified atom stereocenters. The first kappa shape index (κ1) is 47.2. The highest BCUT2D eigenvalue weighted by Crippen LogP contribution is 2.51. The van der Waals surface area contributed by atoms with E-state index in [-0.39, 0.29) is 0 Å². The Bertz CT molecular complexity index is 5860. The minimum atomic E-state index is 0.418. The quantitative estimate of drug-likeness (QED) is 0.166. The Morgan fingerprint density at radius 3 is 1.15 bits per heavy atom. The van der Waals surface area contributed by atoms with Crippen LogP contribution < -0.4 is 0 Å². The van der Waals surface area contributed by atoms with Gasteiger partial charge in [0.15, 0.2) is 0 Å². The predicted molar refractivity (Wildman–Crippen MR) is 354 cm³/mol. The van der Waals surface area contributed by atoms with Crippen molar-refractivity contribution in [2.45, 2.75) is 0 Å². The number of para-hydroxylation sites is 6. The molecule has 0 aliphatic carbocycles. The number of nitrogens with zero attached hydrogens (tertiary/aromatic N) is 6. The molecule has 392 valence electrons. The van der Waals surface area contributed by atoms with Crippen molar-refractivity contribution in [3.05, 3.63) is 278 Å². The van der Waals surface area contributed by atoms with Crippen LogP contribution in [0.3, 0.4) is 0 Å². The molecule has 0 fully saturated rings. The van der Waals surface area contributed by atoms with Crippen molar-refractivity contribution in [2.75, 3.05) is 0 Å². The molecule has 6 nitrogen and oxygen atoms in total. The average molecular weight is 1100 g/mol. The van der Waals surface area contributed by atoms with Gasteiger partial charge in [-0.25, -0.2) is 0 Å². The third-order valence-electron chi connectivity index (χ3n) is 17.8. The summed E-state index contributed by atoms with van der Waals surface area (Å²) < 4.78 is 11.4. The van der Waals surface area contributed by atoms with E-state index in [1.54, 1.807) is 11.3 Å². The molecule has 0 aliphatic rings. The molecule has 0 amide bonds. The average Bonchev–Trinajstić information content (AvgIpc) is 1.70. The minimum Gasteiger partial charge on any atom is -0.306 e. The van der Waals surface area contributed by atoms with E-state index in [0.717, 1.165) is 114 Å². The maximum atomic E-state index is 13.0. The van der Waals surface area contributed by atoms with Gasteiger partial charge in [-0.3, -0.25) is 0 Å². The molecule has 0 atom stereocenters. The van der Waals surface area contributed by atoms with Crippen LogP contribution in [0.25, 0.3) is 163 Å². The summed E-state index contributed by atoms with van der Waals surface area (Å²) in [5.41, 5.74) is 15.2. The number of aromatic nitrogens is 4. The zero-order valence-corrected chi connectivity index (χ0v) is 46.3. The summed E-state index contributed by atoms with van der Waals surface area (Å²) in [5, 5.41) is 38.9. The summed E-state index contributed by atoms with van der Waals surface area (Å²) >= 11 is 1.77. The third-order valence-corrected chi connectivity index (χ3v) is 19.0. The van der Waals surface area contributed by atoms with Crippen molar-refractivity contribution in [1.29, 1.82) is 10.5 Å². The molecule has 0 N–H and O–H groups in total. The lowest BCUT2D eigenvalue weighted by Gasteiger charge is -2.27. The first-order valence-electron chi connectivity index (χ1n) is 28.6. The molecule has 18 aromatic rings. The van der Waals surface area contributed by atoms with Gasteiger partial charge in [0.25, 0.3) is 0 Å². The highest BCUT2D eigenvalue weighted by Gasteiger charge is 2.35. The fourth-order valence-corrected chi connectivity index (χ4v) is 15.6. The summed E-state index contributed by atoms with van der Waals surface area (Å²) in [7, 11) is 0. The van der Waals surface area contributed by atoms with Crippen LogP contribution in [0.2, 0.25) is 0 Å². The van der Waals surface area contributed by atoms with Gasteiger partial charge in [0.1, 0.15) is 23.3 Å². The second-order valence-electron chi connectivity index (χ2n) is 22.1. The van der Waals surface area contributed by atoms with E-state index in [1.807, 2.05) is 0 Å². The number of hydrogen-bond acceptors (Lipinski definition) is 3. The molecule has 0 spiro atoms. The maximum Gasteiger partial charge on any atom is 0.104 e. The largest absolute Gasteiger partial charge is 0.306 e. The van der Waals surface area contributed by atoms with E-state index < -0.39 is 0 Å². The highest BCUT2D eigenvalue weighted by molar-refractivity contribution is 7.26. The van der Waals surface area contributed by atoms with E-state index in [2.05, 4.69) is 297 Å². The summed E-state index contributed by atoms with van der Waals surface area (Å²) in [6, 6.07) is 101. The fraction of sp³-hybridized carbons (Fsp3) is 0. The maximum absolute atomic E-state index is 13.0. The number of hydrogen-bond donors (Lipinski definition) is 0. The van der Waals surface area contributed by atoms with Crippen molar-refractivity contribution >= 4 is 130 Å². The Morgan fingerprint density at radius 1 is 0.271 bits per heavy atom. The molecule has 18 rings (SSSR count). The van der Waals surface area contributed by atoms with Gasteiger partial charge in [0.2, 0.25) is 0 Å². The Labute approximate surface area is 490 Å². The van der Waals surface area contributed by atoms with Crippen LogP contribution in [0.1, 0.15) is 11.1 Å². The number of benzene rings is 13. The fourth-order valence-electron chi connectivity index (χ4n) is 14.4. The molecule has 0 saturated carbocycles. The molecule has 0 aliphatic heterocycles. The molecule has 0 bridgehead atoms. The van der Waals surface area contributed by atoms with Crippen molar-refractivity contribution in [2.24, 2.45) is 0 Å². The van der Waals surface area contributed by atoms with Crippen molar-refractivity contribution in [3.63, 3.8) is 0 Å². The molecule has 13 aromatic carbocycles. The van der Waals surface area contributed by atoms with Crippen molar-refractivity contribution < 1.29 is 0 Å². The molecule has 7 heteroatoms. The van der Waals surface area contributed by atoms with Gasteiger partial charge in [-0.2, -0.15) is 10.5 Å². The SMILES string of the molecule is N#Cc1c(-n2c3ccccc3c3ccccc32)c(-n2c3ccccc3c3ccccc32)c(C#N)c(-n2c3ccc(-c4ccccc4-c4cccc5ccccc45)cc3c3ccc4c5ccccc5sc4c32)c1-n1c2ccccc2c2ccccc21. The topological polar surface area (TPSA) is 67.3 Å². The van der Waals surface area contributed by atoms with Crippen LogP contribution in [0.15, 0.2) is 267 Å². The molecular formula is C78H44N6S. The smallest absolute Gasteiger partial charge is 0.104 e. The van der Waals surface area contributed by atoms with Gasteiger partial charge < -0.3 is 18.3 Å². The van der Waals surface area contributed by atoms with Crippen LogP contribution in [-0.2, 0) is 0 Å². The van der Waals surface area contributed by atoms with Gasteiger partial charge in [-0.05, 0) is 87.6 Å². The summed E-state index contributed by atoms with van der Waals surface area (Å²) in [5.74, 6) is 0. The molecular weight excluding hydrogens is 1050 g/mol. The van der Waals surface area contributed by atoms with E-state index in [0.29, 0.717) is 33.9 Å². The van der Waals surface area contributed by atoms with Crippen LogP contribution in [0, 0.1) is 22.7 Å². The van der Waals surface area contributed by atoms with Crippen LogP contribution >= 0.6 is 11.3 Å². The Morgan fingerprint density at radius 2 is 0.647 bits per heavy atom. The zero-order chi connectivity index (χ0) is 56.0. The summed E-state index contributed by atoms with van der Waals surface area (Å²) in [6.45, 7) is 0. The lowest BCUT2D eigenvalue weighted by atomic mass is 9.91. The van der Waals surface area contributed by atoms with E-state index in [9.17, 15) is 10.5 Å². The van der Waals surface area contributed by atoms with Gasteiger partial charge in [0.05, 0.1) is 71.6 Å². The van der Waals surface area contributed by atoms with E-state index in [1.165, 1.54) is 26.4 Å². The van der Waals surface area contributed by atoms with Crippen LogP contribution in [0.5, 0.6) is 0 Å². The number of rotatable bonds is 6. The molecule has 5 aromatic heterocycles. The van der Waals surface area contributed by atoms with Gasteiger partial charge in [0, 0.05) is 58.6 Å². The van der Waals surface area contributed by atoms with Crippen molar-refractivity contribution in [3.8, 4) is 57.1 Å². The molecule has 0 saturated heterocycles. The molecule has 0 radical (unpaired) electrons. The van der Waals surface area contributed by atoms with Crippen LogP contribution in [-0.4, -0.2) is 18.3 Å². The summed E-state index contributed by atoms with van der Waals surface area (Å²) in [6.07, 6.45) is 0. The van der Waals surface area contributed by atoms with Crippen LogP contribution in [0.4, 0.5) is 0 Å². The summed E-state index contributed by atoms with van der Waals surface area (Å²) in [4.78, 5) is 0. The van der Waals surface area contributed by atoms with Gasteiger partial charge in [-0.1, -0.05) is 212 Å². The minimum absolute atomic E-state index is 0.418. The number of fused-ring (bicyclic) bond motifs is 17. The standard InChI is InChI=1S/C78H44N6S/c79-45-63-73(81-65-33-12-5-25-53(65)54-26-6-13-34-66(54)81)74(82-67-35-14-7-27-55(67)56-28-8-15-36-68(56)82)64(46-80)76(75(63)83-69-37-16-9-29-57(69)58-30-10-17-38-70(58)83)84-71-43-40-48(50-23-3-4-24-51(50)52-32-19-21-47-20-1-2-22-49(47)52)44-62(71)60-41-42-61-59-31-11-18-39-72(59)85-78(61)77(60)84/h1-44H. The highest BCUT2D eigenvalue weighted by atomic mass is 32.1. The Hall–Kier alpha value is -11.5. The lowest BCUT2D eigenvalue weighted by Crippen LogP contribution is -2.16. The zero-order valence-electron chi connectivity index (χ0n) is 45.5. The Kier molecular flexibility index (Phi) is 10.00. The van der Waals surface area contributed by atoms with E-state index >= 15 is 0 Å². The second-order valence-corrected chi connectivity index (χ2v) is 23.1. The monoisotopic (exact) mass is 1100 g/mol. The number of nitriles is 2. The van der Waals surface area contributed by atoms with Gasteiger partial charge in [-0.15, -0.1) is 11.3 Å². The van der Waals surface area contributed by atoms with Gasteiger partial charge >= 0.3 is 0 Å². The van der Waals surface area contributed by atoms with Crippen molar-refractivity contribution in [1.82, 2.24) is 18.3 Å². The first-order valence-corrected chi connectivity index (χ1v) is 29.4. The molecule has 85 heavy (non-hydrogen) atoms. The third kappa shape index (κ3) is 6.50. The Balaban J connectivity index is 1.09.